The Morgan fingerprint density at radius 1 is 1.13 bits per heavy atom. The maximum atomic E-state index is 12.5. The molecule has 0 saturated heterocycles. The Hall–Kier alpha value is -2.17. The molecule has 0 aliphatic rings. The Labute approximate surface area is 137 Å². The Balaban J connectivity index is 2.89. The standard InChI is InChI=1S/C18H26N2O3/c1-12(16(19)22)20-17(23)14(11-15(21)18(2,3)4)10-13-8-6-5-7-9-13/h5-9,12,14H,10-11H2,1-4H3,(H2,19,22)(H,20,23). The van der Waals surface area contributed by atoms with Crippen LogP contribution in [0.3, 0.4) is 0 Å². The second kappa shape index (κ2) is 7.90. The van der Waals surface area contributed by atoms with Gasteiger partial charge < -0.3 is 11.1 Å². The van der Waals surface area contributed by atoms with Gasteiger partial charge in [0.05, 0.1) is 0 Å². The number of carbonyl (C=O) groups excluding carboxylic acids is 3. The van der Waals surface area contributed by atoms with Gasteiger partial charge in [-0.3, -0.25) is 14.4 Å². The summed E-state index contributed by atoms with van der Waals surface area (Å²) < 4.78 is 0. The molecular formula is C18H26N2O3. The van der Waals surface area contributed by atoms with Crippen LogP contribution in [0.5, 0.6) is 0 Å². The van der Waals surface area contributed by atoms with Crippen LogP contribution in [0.1, 0.15) is 39.7 Å². The first kappa shape index (κ1) is 18.9. The lowest BCUT2D eigenvalue weighted by molar-refractivity contribution is -0.134. The first-order valence-corrected chi connectivity index (χ1v) is 7.78. The lowest BCUT2D eigenvalue weighted by Crippen LogP contribution is -2.45. The summed E-state index contributed by atoms with van der Waals surface area (Å²) in [4.78, 5) is 35.9. The van der Waals surface area contributed by atoms with Crippen molar-refractivity contribution < 1.29 is 14.4 Å². The molecule has 0 bridgehead atoms. The normalized spacial score (nSPS) is 13.9. The Morgan fingerprint density at radius 2 is 1.70 bits per heavy atom. The number of ketones is 1. The fourth-order valence-corrected chi connectivity index (χ4v) is 2.09. The zero-order chi connectivity index (χ0) is 17.6. The van der Waals surface area contributed by atoms with Crippen LogP contribution < -0.4 is 11.1 Å². The van der Waals surface area contributed by atoms with Gasteiger partial charge in [0, 0.05) is 17.8 Å². The molecule has 126 valence electrons. The molecule has 5 heteroatoms. The molecule has 1 aromatic rings. The maximum absolute atomic E-state index is 12.5. The summed E-state index contributed by atoms with van der Waals surface area (Å²) in [7, 11) is 0. The predicted octanol–water partition coefficient (Wildman–Crippen LogP) is 1.84. The number of benzene rings is 1. The van der Waals surface area contributed by atoms with E-state index in [0.29, 0.717) is 6.42 Å². The van der Waals surface area contributed by atoms with Gasteiger partial charge in [-0.25, -0.2) is 0 Å². The maximum Gasteiger partial charge on any atom is 0.239 e. The van der Waals surface area contributed by atoms with Crippen LogP contribution in [0, 0.1) is 11.3 Å². The Bertz CT molecular complexity index is 561. The molecule has 0 radical (unpaired) electrons. The van der Waals surface area contributed by atoms with Gasteiger partial charge in [-0.2, -0.15) is 0 Å². The Kier molecular flexibility index (Phi) is 6.49. The van der Waals surface area contributed by atoms with Crippen molar-refractivity contribution in [3.8, 4) is 0 Å². The quantitative estimate of drug-likeness (QED) is 0.804. The molecule has 0 saturated carbocycles. The summed E-state index contributed by atoms with van der Waals surface area (Å²) in [5.41, 5.74) is 5.65. The minimum absolute atomic E-state index is 0.0142. The van der Waals surface area contributed by atoms with Crippen molar-refractivity contribution in [2.24, 2.45) is 17.1 Å². The van der Waals surface area contributed by atoms with E-state index in [2.05, 4.69) is 5.32 Å². The number of primary amides is 1. The van der Waals surface area contributed by atoms with Crippen molar-refractivity contribution in [3.63, 3.8) is 0 Å². The van der Waals surface area contributed by atoms with Crippen LogP contribution in [-0.4, -0.2) is 23.6 Å². The number of amides is 2. The largest absolute Gasteiger partial charge is 0.368 e. The van der Waals surface area contributed by atoms with Gasteiger partial charge in [0.2, 0.25) is 11.8 Å². The molecule has 0 aliphatic heterocycles. The van der Waals surface area contributed by atoms with Crippen LogP contribution in [0.4, 0.5) is 0 Å². The average molecular weight is 318 g/mol. The molecule has 0 aliphatic carbocycles. The molecule has 0 aromatic heterocycles. The molecule has 1 aromatic carbocycles. The number of nitrogens with two attached hydrogens (primary N) is 1. The third kappa shape index (κ3) is 6.22. The van der Waals surface area contributed by atoms with Crippen LogP contribution in [0.15, 0.2) is 30.3 Å². The third-order valence-electron chi connectivity index (χ3n) is 3.75. The molecule has 2 unspecified atom stereocenters. The van der Waals surface area contributed by atoms with Gasteiger partial charge in [-0.1, -0.05) is 51.1 Å². The van der Waals surface area contributed by atoms with Crippen LogP contribution in [0.25, 0.3) is 0 Å². The van der Waals surface area contributed by atoms with Crippen molar-refractivity contribution in [2.45, 2.75) is 46.6 Å². The topological polar surface area (TPSA) is 89.3 Å². The number of Topliss-reactive ketones (excluding diaryl/α,β-unsaturated/α-hetero) is 1. The second-order valence-corrected chi connectivity index (χ2v) is 6.90. The number of carbonyl (C=O) groups is 3. The molecule has 5 nitrogen and oxygen atoms in total. The number of hydrogen-bond donors (Lipinski definition) is 2. The van der Waals surface area contributed by atoms with E-state index in [1.54, 1.807) is 0 Å². The minimum atomic E-state index is -0.759. The van der Waals surface area contributed by atoms with E-state index in [1.807, 2.05) is 51.1 Å². The highest BCUT2D eigenvalue weighted by Crippen LogP contribution is 2.22. The lowest BCUT2D eigenvalue weighted by atomic mass is 9.83. The molecule has 2 atom stereocenters. The monoisotopic (exact) mass is 318 g/mol. The van der Waals surface area contributed by atoms with Crippen molar-refractivity contribution in [2.75, 3.05) is 0 Å². The predicted molar refractivity (Wildman–Crippen MR) is 89.5 cm³/mol. The highest BCUT2D eigenvalue weighted by atomic mass is 16.2. The summed E-state index contributed by atoms with van der Waals surface area (Å²) in [6.07, 6.45) is 0.579. The van der Waals surface area contributed by atoms with Crippen LogP contribution in [0.2, 0.25) is 0 Å². The van der Waals surface area contributed by atoms with Gasteiger partial charge >= 0.3 is 0 Å². The summed E-state index contributed by atoms with van der Waals surface area (Å²) in [5, 5.41) is 2.59. The van der Waals surface area contributed by atoms with E-state index in [1.165, 1.54) is 6.92 Å². The molecular weight excluding hydrogens is 292 g/mol. The number of rotatable bonds is 7. The fourth-order valence-electron chi connectivity index (χ4n) is 2.09. The third-order valence-corrected chi connectivity index (χ3v) is 3.75. The molecule has 1 rings (SSSR count). The van der Waals surface area contributed by atoms with Crippen molar-refractivity contribution in [1.82, 2.24) is 5.32 Å². The summed E-state index contributed by atoms with van der Waals surface area (Å²) >= 11 is 0. The Morgan fingerprint density at radius 3 is 2.17 bits per heavy atom. The molecule has 0 spiro atoms. The van der Waals surface area contributed by atoms with E-state index < -0.39 is 23.3 Å². The summed E-state index contributed by atoms with van der Waals surface area (Å²) in [6, 6.07) is 8.75. The highest BCUT2D eigenvalue weighted by Gasteiger charge is 2.29. The van der Waals surface area contributed by atoms with Crippen molar-refractivity contribution in [1.29, 1.82) is 0 Å². The van der Waals surface area contributed by atoms with E-state index >= 15 is 0 Å². The van der Waals surface area contributed by atoms with Gasteiger partial charge in [0.1, 0.15) is 11.8 Å². The number of nitrogens with one attached hydrogen (secondary N) is 1. The van der Waals surface area contributed by atoms with E-state index in [9.17, 15) is 14.4 Å². The van der Waals surface area contributed by atoms with Gasteiger partial charge in [0.15, 0.2) is 0 Å². The van der Waals surface area contributed by atoms with Gasteiger partial charge in [-0.05, 0) is 18.9 Å². The molecule has 0 heterocycles. The molecule has 2 amide bonds. The zero-order valence-electron chi connectivity index (χ0n) is 14.3. The SMILES string of the molecule is CC(NC(=O)C(CC(=O)C(C)(C)C)Cc1ccccc1)C(N)=O. The number of hydrogen-bond acceptors (Lipinski definition) is 3. The van der Waals surface area contributed by atoms with E-state index in [0.717, 1.165) is 5.56 Å². The minimum Gasteiger partial charge on any atom is -0.368 e. The molecule has 23 heavy (non-hydrogen) atoms. The first-order chi connectivity index (χ1) is 10.6. The van der Waals surface area contributed by atoms with E-state index in [-0.39, 0.29) is 18.1 Å². The lowest BCUT2D eigenvalue weighted by Gasteiger charge is -2.23. The average Bonchev–Trinajstić information content (AvgIpc) is 2.46. The zero-order valence-corrected chi connectivity index (χ0v) is 14.3. The second-order valence-electron chi connectivity index (χ2n) is 6.90. The van der Waals surface area contributed by atoms with Gasteiger partial charge in [0.25, 0.3) is 0 Å². The molecule has 3 N–H and O–H groups in total. The van der Waals surface area contributed by atoms with Crippen molar-refractivity contribution >= 4 is 17.6 Å². The van der Waals surface area contributed by atoms with Gasteiger partial charge in [-0.15, -0.1) is 0 Å². The summed E-state index contributed by atoms with van der Waals surface area (Å²) in [6.45, 7) is 7.03. The van der Waals surface area contributed by atoms with Crippen LogP contribution in [-0.2, 0) is 20.8 Å². The molecule has 0 fully saturated rings. The fraction of sp³-hybridized carbons (Fsp3) is 0.500. The van der Waals surface area contributed by atoms with E-state index in [4.69, 9.17) is 5.73 Å². The van der Waals surface area contributed by atoms with Crippen LogP contribution >= 0.6 is 0 Å². The smallest absolute Gasteiger partial charge is 0.239 e. The van der Waals surface area contributed by atoms with Crippen molar-refractivity contribution in [3.05, 3.63) is 35.9 Å². The highest BCUT2D eigenvalue weighted by molar-refractivity contribution is 5.92. The first-order valence-electron chi connectivity index (χ1n) is 7.78. The summed E-state index contributed by atoms with van der Waals surface area (Å²) in [5.74, 6) is -1.43.